The highest BCUT2D eigenvalue weighted by Crippen LogP contribution is 2.62. The summed E-state index contributed by atoms with van der Waals surface area (Å²) < 4.78 is 14.6. The van der Waals surface area contributed by atoms with Gasteiger partial charge in [0, 0.05) is 27.9 Å². The number of aliphatic carboxylic acids is 1. The van der Waals surface area contributed by atoms with Gasteiger partial charge in [0.1, 0.15) is 5.82 Å². The van der Waals surface area contributed by atoms with Crippen LogP contribution in [-0.4, -0.2) is 23.0 Å². The van der Waals surface area contributed by atoms with Gasteiger partial charge < -0.3 is 10.4 Å². The fourth-order valence-electron chi connectivity index (χ4n) is 5.60. The fourth-order valence-corrected chi connectivity index (χ4v) is 6.53. The molecular formula is C25H30FNO3S. The molecule has 0 radical (unpaired) electrons. The maximum absolute atomic E-state index is 13.7. The number of rotatable bonds is 8. The Morgan fingerprint density at radius 3 is 2.84 bits per heavy atom. The van der Waals surface area contributed by atoms with Crippen LogP contribution in [0.4, 0.5) is 4.39 Å². The molecule has 4 atom stereocenters. The van der Waals surface area contributed by atoms with Gasteiger partial charge in [-0.15, -0.1) is 11.3 Å². The first-order valence-electron chi connectivity index (χ1n) is 11.1. The lowest BCUT2D eigenvalue weighted by Gasteiger charge is -2.62. The summed E-state index contributed by atoms with van der Waals surface area (Å²) >= 11 is 1.47. The first kappa shape index (κ1) is 22.0. The molecule has 3 aliphatic carbocycles. The van der Waals surface area contributed by atoms with Gasteiger partial charge in [-0.2, -0.15) is 0 Å². The number of amides is 1. The number of benzene rings is 1. The number of carbonyl (C=O) groups is 2. The van der Waals surface area contributed by atoms with E-state index in [0.717, 1.165) is 24.0 Å². The third-order valence-electron chi connectivity index (χ3n) is 7.55. The summed E-state index contributed by atoms with van der Waals surface area (Å²) in [7, 11) is 0. The van der Waals surface area contributed by atoms with E-state index in [1.165, 1.54) is 29.9 Å². The van der Waals surface area contributed by atoms with Crippen LogP contribution in [0.2, 0.25) is 0 Å². The van der Waals surface area contributed by atoms with Gasteiger partial charge in [-0.05, 0) is 73.5 Å². The van der Waals surface area contributed by atoms with Crippen molar-refractivity contribution >= 4 is 33.3 Å². The number of nitrogens with one attached hydrogen (secondary N) is 1. The second-order valence-electron chi connectivity index (χ2n) is 9.62. The van der Waals surface area contributed by atoms with Crippen LogP contribution in [0.1, 0.15) is 62.7 Å². The number of hydrogen-bond donors (Lipinski definition) is 2. The van der Waals surface area contributed by atoms with Gasteiger partial charge in [-0.3, -0.25) is 9.59 Å². The minimum Gasteiger partial charge on any atom is -0.481 e. The van der Waals surface area contributed by atoms with E-state index in [0.29, 0.717) is 40.5 Å². The number of unbranched alkanes of at least 4 members (excludes halogenated alkanes) is 1. The maximum Gasteiger partial charge on any atom is 0.303 e. The SMILES string of the molecule is CC1(C)[C@H]2C[C@H](NC(=O)c3csc4ccc(F)cc34)[C@H](CC=CCCCC(=O)O)[C@@H]1C2. The lowest BCUT2D eigenvalue weighted by atomic mass is 9.44. The number of thiophene rings is 1. The molecule has 1 aromatic heterocycles. The molecule has 3 fully saturated rings. The van der Waals surface area contributed by atoms with E-state index >= 15 is 0 Å². The average molecular weight is 444 g/mol. The van der Waals surface area contributed by atoms with Crippen molar-refractivity contribution in [1.29, 1.82) is 0 Å². The predicted octanol–water partition coefficient (Wildman–Crippen LogP) is 6.02. The zero-order valence-electron chi connectivity index (χ0n) is 18.1. The highest BCUT2D eigenvalue weighted by molar-refractivity contribution is 7.17. The number of hydrogen-bond acceptors (Lipinski definition) is 3. The summed E-state index contributed by atoms with van der Waals surface area (Å²) in [5.74, 6) is 0.350. The van der Waals surface area contributed by atoms with Gasteiger partial charge in [0.2, 0.25) is 0 Å². The minimum absolute atomic E-state index is 0.108. The Balaban J connectivity index is 1.45. The van der Waals surface area contributed by atoms with Crippen molar-refractivity contribution in [2.45, 2.75) is 58.4 Å². The molecule has 1 aromatic carbocycles. The van der Waals surface area contributed by atoms with Crippen LogP contribution < -0.4 is 5.32 Å². The van der Waals surface area contributed by atoms with Crippen molar-refractivity contribution < 1.29 is 19.1 Å². The second kappa shape index (κ2) is 8.73. The van der Waals surface area contributed by atoms with E-state index in [4.69, 9.17) is 5.11 Å². The van der Waals surface area contributed by atoms with Gasteiger partial charge in [0.15, 0.2) is 0 Å². The molecule has 3 aliphatic rings. The Bertz CT molecular complexity index is 1010. The molecule has 6 heteroatoms. The number of fused-ring (bicyclic) bond motifs is 3. The van der Waals surface area contributed by atoms with Gasteiger partial charge in [-0.1, -0.05) is 26.0 Å². The Morgan fingerprint density at radius 2 is 2.10 bits per heavy atom. The molecule has 0 aliphatic heterocycles. The first-order valence-corrected chi connectivity index (χ1v) is 12.0. The first-order chi connectivity index (χ1) is 14.8. The number of allylic oxidation sites excluding steroid dienone is 2. The molecule has 166 valence electrons. The van der Waals surface area contributed by atoms with E-state index in [2.05, 4.69) is 31.3 Å². The third kappa shape index (κ3) is 4.40. The fraction of sp³-hybridized carbons (Fsp3) is 0.520. The normalized spacial score (nSPS) is 26.7. The number of carbonyl (C=O) groups excluding carboxylic acids is 1. The molecule has 0 unspecified atom stereocenters. The molecule has 1 heterocycles. The largest absolute Gasteiger partial charge is 0.481 e. The summed E-state index contributed by atoms with van der Waals surface area (Å²) in [5.41, 5.74) is 0.849. The summed E-state index contributed by atoms with van der Waals surface area (Å²) in [6.45, 7) is 4.67. The smallest absolute Gasteiger partial charge is 0.303 e. The van der Waals surface area contributed by atoms with Crippen molar-refractivity contribution in [3.8, 4) is 0 Å². The third-order valence-corrected chi connectivity index (χ3v) is 8.51. The van der Waals surface area contributed by atoms with Crippen LogP contribution in [-0.2, 0) is 4.79 Å². The Hall–Kier alpha value is -2.21. The van der Waals surface area contributed by atoms with Crippen LogP contribution in [0, 0.1) is 29.0 Å². The Morgan fingerprint density at radius 1 is 1.29 bits per heavy atom. The van der Waals surface area contributed by atoms with E-state index in [-0.39, 0.29) is 24.2 Å². The van der Waals surface area contributed by atoms with Crippen LogP contribution in [0.5, 0.6) is 0 Å². The zero-order valence-corrected chi connectivity index (χ0v) is 18.9. The molecule has 5 rings (SSSR count). The molecule has 4 nitrogen and oxygen atoms in total. The molecule has 2 bridgehead atoms. The highest BCUT2D eigenvalue weighted by Gasteiger charge is 2.57. The Labute approximate surface area is 186 Å². The topological polar surface area (TPSA) is 66.4 Å². The lowest BCUT2D eigenvalue weighted by molar-refractivity contribution is -0.137. The van der Waals surface area contributed by atoms with Gasteiger partial charge in [0.05, 0.1) is 5.56 Å². The second-order valence-corrected chi connectivity index (χ2v) is 10.5. The van der Waals surface area contributed by atoms with E-state index in [1.54, 1.807) is 6.07 Å². The van der Waals surface area contributed by atoms with E-state index in [9.17, 15) is 14.0 Å². The number of halogens is 1. The molecule has 31 heavy (non-hydrogen) atoms. The minimum atomic E-state index is -0.758. The van der Waals surface area contributed by atoms with Gasteiger partial charge in [-0.25, -0.2) is 4.39 Å². The molecule has 2 aromatic rings. The summed E-state index contributed by atoms with van der Waals surface area (Å²) in [4.78, 5) is 23.8. The maximum atomic E-state index is 13.7. The van der Waals surface area contributed by atoms with Crippen LogP contribution >= 0.6 is 11.3 Å². The standard InChI is InChI=1S/C25H30FNO3S/c1-25(2)15-11-20(25)17(7-5-3-4-6-8-23(28)29)21(12-15)27-24(30)19-14-31-22-10-9-16(26)13-18(19)22/h3,5,9-10,13-15,17,20-21H,4,6-8,11-12H2,1-2H3,(H,27,30)(H,28,29)/t15-,17-,20+,21+/m1/s1. The Kier molecular flexibility index (Phi) is 6.20. The molecule has 2 N–H and O–H groups in total. The van der Waals surface area contributed by atoms with Crippen molar-refractivity contribution in [1.82, 2.24) is 5.32 Å². The summed E-state index contributed by atoms with van der Waals surface area (Å²) in [6.07, 6.45) is 8.92. The predicted molar refractivity (Wildman–Crippen MR) is 122 cm³/mol. The van der Waals surface area contributed by atoms with Crippen molar-refractivity contribution in [3.63, 3.8) is 0 Å². The molecule has 3 saturated carbocycles. The monoisotopic (exact) mass is 443 g/mol. The number of carboxylic acid groups (broad SMARTS) is 1. The van der Waals surface area contributed by atoms with Crippen LogP contribution in [0.15, 0.2) is 35.7 Å². The van der Waals surface area contributed by atoms with Gasteiger partial charge in [0.25, 0.3) is 5.91 Å². The van der Waals surface area contributed by atoms with E-state index in [1.807, 2.05) is 5.38 Å². The molecule has 0 spiro atoms. The van der Waals surface area contributed by atoms with Crippen LogP contribution in [0.3, 0.4) is 0 Å². The summed E-state index contributed by atoms with van der Waals surface area (Å²) in [6, 6.07) is 4.70. The zero-order chi connectivity index (χ0) is 22.2. The molecule has 1 amide bonds. The molecular weight excluding hydrogens is 413 g/mol. The van der Waals surface area contributed by atoms with Crippen molar-refractivity contribution in [3.05, 3.63) is 47.1 Å². The average Bonchev–Trinajstić information content (AvgIpc) is 3.13. The quantitative estimate of drug-likeness (QED) is 0.387. The highest BCUT2D eigenvalue weighted by atomic mass is 32.1. The van der Waals surface area contributed by atoms with Crippen molar-refractivity contribution in [2.24, 2.45) is 23.2 Å². The molecule has 0 saturated heterocycles. The van der Waals surface area contributed by atoms with Crippen LogP contribution in [0.25, 0.3) is 10.1 Å². The summed E-state index contributed by atoms with van der Waals surface area (Å²) in [5, 5.41) is 14.6. The van der Waals surface area contributed by atoms with Gasteiger partial charge >= 0.3 is 5.97 Å². The number of carboxylic acids is 1. The van der Waals surface area contributed by atoms with E-state index < -0.39 is 5.97 Å². The lowest BCUT2D eigenvalue weighted by Crippen LogP contribution is -2.61. The van der Waals surface area contributed by atoms with Crippen molar-refractivity contribution in [2.75, 3.05) is 0 Å².